The Morgan fingerprint density at radius 1 is 1.38 bits per heavy atom. The van der Waals surface area contributed by atoms with Crippen molar-refractivity contribution in [1.29, 1.82) is 0 Å². The number of carbonyl (C=O) groups excluding carboxylic acids is 1. The number of methoxy groups -OCH3 is 1. The molecule has 0 aromatic carbocycles. The molecule has 8 nitrogen and oxygen atoms in total. The molecule has 0 bridgehead atoms. The summed E-state index contributed by atoms with van der Waals surface area (Å²) in [6, 6.07) is -0.971. The van der Waals surface area contributed by atoms with E-state index < -0.39 is 48.9 Å². The minimum Gasteiger partial charge on any atom is -0.394 e. The highest BCUT2D eigenvalue weighted by Gasteiger charge is 2.47. The fraction of sp³-hybridized carbons (Fsp3) is 0.923. The molecule has 8 heteroatoms. The van der Waals surface area contributed by atoms with Gasteiger partial charge in [-0.2, -0.15) is 0 Å². The van der Waals surface area contributed by atoms with Crippen LogP contribution in [0.4, 0.5) is 0 Å². The minimum absolute atomic E-state index is 0.401. The third-order valence-electron chi connectivity index (χ3n) is 3.69. The zero-order valence-corrected chi connectivity index (χ0v) is 12.8. The summed E-state index contributed by atoms with van der Waals surface area (Å²) in [5, 5.41) is 31.7. The highest BCUT2D eigenvalue weighted by atomic mass is 16.8. The molecule has 1 heterocycles. The predicted octanol–water partition coefficient (Wildman–Crippen LogP) is -1.28. The fourth-order valence-electron chi connectivity index (χ4n) is 2.09. The number of nitrogens with one attached hydrogen (secondary N) is 1. The van der Waals surface area contributed by atoms with E-state index in [1.54, 1.807) is 6.92 Å². The normalized spacial score (nSPS) is 36.0. The maximum Gasteiger partial charge on any atom is 0.217 e. The van der Waals surface area contributed by atoms with Crippen molar-refractivity contribution in [2.45, 2.75) is 63.6 Å². The van der Waals surface area contributed by atoms with E-state index in [9.17, 15) is 20.1 Å². The summed E-state index contributed by atoms with van der Waals surface area (Å²) in [6.45, 7) is 4.32. The van der Waals surface area contributed by atoms with Crippen molar-refractivity contribution in [1.82, 2.24) is 5.32 Å². The first-order chi connectivity index (χ1) is 9.77. The first-order valence-electron chi connectivity index (χ1n) is 6.90. The lowest BCUT2D eigenvalue weighted by Gasteiger charge is -2.44. The van der Waals surface area contributed by atoms with Gasteiger partial charge in [0.15, 0.2) is 12.1 Å². The predicted molar refractivity (Wildman–Crippen MR) is 72.2 cm³/mol. The van der Waals surface area contributed by atoms with Gasteiger partial charge in [-0.3, -0.25) is 4.79 Å². The average molecular weight is 307 g/mol. The maximum absolute atomic E-state index is 11.3. The Morgan fingerprint density at radius 2 is 2.00 bits per heavy atom. The smallest absolute Gasteiger partial charge is 0.217 e. The van der Waals surface area contributed by atoms with Gasteiger partial charge in [-0.25, -0.2) is 0 Å². The van der Waals surface area contributed by atoms with E-state index in [0.717, 1.165) is 0 Å². The highest BCUT2D eigenvalue weighted by molar-refractivity contribution is 5.73. The van der Waals surface area contributed by atoms with Crippen LogP contribution >= 0.6 is 0 Å². The molecule has 124 valence electrons. The molecule has 6 atom stereocenters. The molecule has 1 rings (SSSR count). The minimum atomic E-state index is -1.33. The maximum atomic E-state index is 11.3. The van der Waals surface area contributed by atoms with Crippen molar-refractivity contribution in [3.63, 3.8) is 0 Å². The Labute approximate surface area is 124 Å². The Balaban J connectivity index is 2.95. The van der Waals surface area contributed by atoms with Crippen molar-refractivity contribution in [3.05, 3.63) is 0 Å². The largest absolute Gasteiger partial charge is 0.394 e. The summed E-state index contributed by atoms with van der Waals surface area (Å²) >= 11 is 0. The van der Waals surface area contributed by atoms with E-state index in [4.69, 9.17) is 14.2 Å². The van der Waals surface area contributed by atoms with E-state index in [-0.39, 0.29) is 0 Å². The Kier molecular flexibility index (Phi) is 6.51. The second kappa shape index (κ2) is 7.48. The van der Waals surface area contributed by atoms with Crippen LogP contribution in [0.15, 0.2) is 0 Å². The molecule has 1 aliphatic heterocycles. The van der Waals surface area contributed by atoms with Crippen LogP contribution in [0.1, 0.15) is 27.2 Å². The second-order valence-corrected chi connectivity index (χ2v) is 5.24. The first kappa shape index (κ1) is 18.3. The molecule has 1 fully saturated rings. The number of carbonyl (C=O) groups is 1. The zero-order valence-electron chi connectivity index (χ0n) is 12.8. The van der Waals surface area contributed by atoms with E-state index in [1.165, 1.54) is 14.0 Å². The zero-order chi connectivity index (χ0) is 16.2. The van der Waals surface area contributed by atoms with E-state index >= 15 is 0 Å². The Bertz CT molecular complexity index is 347. The lowest BCUT2D eigenvalue weighted by molar-refractivity contribution is -0.343. The number of rotatable bonds is 6. The van der Waals surface area contributed by atoms with Gasteiger partial charge in [-0.1, -0.05) is 6.92 Å². The lowest BCUT2D eigenvalue weighted by Crippen LogP contribution is -2.65. The van der Waals surface area contributed by atoms with Crippen molar-refractivity contribution < 1.29 is 34.3 Å². The van der Waals surface area contributed by atoms with Crippen molar-refractivity contribution in [3.8, 4) is 0 Å². The number of amides is 1. The van der Waals surface area contributed by atoms with Crippen LogP contribution in [0.5, 0.6) is 0 Å². The Hall–Kier alpha value is -0.770. The van der Waals surface area contributed by atoms with Gasteiger partial charge in [0.05, 0.1) is 6.61 Å². The topological polar surface area (TPSA) is 117 Å². The first-order valence-corrected chi connectivity index (χ1v) is 6.90. The van der Waals surface area contributed by atoms with Crippen LogP contribution in [-0.2, 0) is 19.0 Å². The van der Waals surface area contributed by atoms with Gasteiger partial charge in [0.25, 0.3) is 0 Å². The molecule has 4 unspecified atom stereocenters. The molecule has 1 saturated heterocycles. The summed E-state index contributed by atoms with van der Waals surface area (Å²) < 4.78 is 16.4. The monoisotopic (exact) mass is 307 g/mol. The molecular weight excluding hydrogens is 282 g/mol. The SMILES string of the molecule is CCC(C)(OC)O[C@@H]1OC(CO)[C@H](O)C(O)C1NC(C)=O. The molecule has 0 aromatic rings. The van der Waals surface area contributed by atoms with Gasteiger partial charge in [-0.15, -0.1) is 0 Å². The molecule has 0 spiro atoms. The lowest BCUT2D eigenvalue weighted by atomic mass is 9.96. The van der Waals surface area contributed by atoms with Crippen LogP contribution in [0.2, 0.25) is 0 Å². The van der Waals surface area contributed by atoms with Crippen LogP contribution < -0.4 is 5.32 Å². The highest BCUT2D eigenvalue weighted by Crippen LogP contribution is 2.27. The molecule has 1 aliphatic rings. The number of ether oxygens (including phenoxy) is 3. The van der Waals surface area contributed by atoms with Crippen LogP contribution in [-0.4, -0.2) is 71.4 Å². The molecule has 0 saturated carbocycles. The average Bonchev–Trinajstić information content (AvgIpc) is 2.46. The van der Waals surface area contributed by atoms with Crippen molar-refractivity contribution in [2.24, 2.45) is 0 Å². The van der Waals surface area contributed by atoms with Gasteiger partial charge in [0.2, 0.25) is 5.91 Å². The van der Waals surface area contributed by atoms with Crippen LogP contribution in [0, 0.1) is 0 Å². The molecule has 4 N–H and O–H groups in total. The molecule has 0 aliphatic carbocycles. The number of hydrogen-bond acceptors (Lipinski definition) is 7. The molecule has 21 heavy (non-hydrogen) atoms. The van der Waals surface area contributed by atoms with E-state index in [1.807, 2.05) is 6.92 Å². The van der Waals surface area contributed by atoms with Gasteiger partial charge in [-0.05, 0) is 13.3 Å². The van der Waals surface area contributed by atoms with Gasteiger partial charge < -0.3 is 34.8 Å². The van der Waals surface area contributed by atoms with Crippen LogP contribution in [0.25, 0.3) is 0 Å². The Morgan fingerprint density at radius 3 is 2.43 bits per heavy atom. The van der Waals surface area contributed by atoms with Gasteiger partial charge in [0.1, 0.15) is 24.4 Å². The quantitative estimate of drug-likeness (QED) is 0.451. The molecule has 1 amide bonds. The van der Waals surface area contributed by atoms with Crippen LogP contribution in [0.3, 0.4) is 0 Å². The summed E-state index contributed by atoms with van der Waals surface area (Å²) in [7, 11) is 1.47. The third-order valence-corrected chi connectivity index (χ3v) is 3.69. The summed E-state index contributed by atoms with van der Waals surface area (Å²) in [6.07, 6.45) is -4.23. The second-order valence-electron chi connectivity index (χ2n) is 5.24. The van der Waals surface area contributed by atoms with E-state index in [2.05, 4.69) is 5.32 Å². The molecular formula is C13H25NO7. The van der Waals surface area contributed by atoms with Gasteiger partial charge in [0, 0.05) is 14.0 Å². The van der Waals surface area contributed by atoms with Crippen molar-refractivity contribution in [2.75, 3.05) is 13.7 Å². The number of aliphatic hydroxyl groups is 3. The molecule has 0 aromatic heterocycles. The summed E-state index contributed by atoms with van der Waals surface area (Å²) in [5.41, 5.74) is 0. The summed E-state index contributed by atoms with van der Waals surface area (Å²) in [4.78, 5) is 11.3. The van der Waals surface area contributed by atoms with Crippen molar-refractivity contribution >= 4 is 5.91 Å². The van der Waals surface area contributed by atoms with E-state index in [0.29, 0.717) is 6.42 Å². The summed E-state index contributed by atoms with van der Waals surface area (Å²) in [5.74, 6) is -1.38. The standard InChI is InChI=1S/C13H25NO7/c1-5-13(3,19-4)21-12-9(14-7(2)16)11(18)10(17)8(6-15)20-12/h8-12,15,17-18H,5-6H2,1-4H3,(H,14,16)/t8?,9?,10-,11?,12-,13?/m0/s1. The fourth-order valence-corrected chi connectivity index (χ4v) is 2.09. The van der Waals surface area contributed by atoms with Gasteiger partial charge >= 0.3 is 0 Å². The number of aliphatic hydroxyl groups excluding tert-OH is 3. The number of hydrogen-bond donors (Lipinski definition) is 4. The molecule has 0 radical (unpaired) electrons. The third kappa shape index (κ3) is 4.35.